The molecule has 0 atom stereocenters. The molecule has 3 heterocycles. The molecule has 1 aliphatic rings. The van der Waals surface area contributed by atoms with E-state index in [1.54, 1.807) is 16.9 Å². The first-order chi connectivity index (χ1) is 7.83. The molecule has 0 spiro atoms. The molecule has 0 aliphatic carbocycles. The Morgan fingerprint density at radius 1 is 1.38 bits per heavy atom. The van der Waals surface area contributed by atoms with Crippen molar-refractivity contribution in [3.05, 3.63) is 24.2 Å². The van der Waals surface area contributed by atoms with E-state index in [2.05, 4.69) is 10.1 Å². The molecule has 1 saturated heterocycles. The van der Waals surface area contributed by atoms with Gasteiger partial charge in [-0.2, -0.15) is 5.10 Å². The van der Waals surface area contributed by atoms with Crippen molar-refractivity contribution in [2.75, 3.05) is 18.9 Å². The standard InChI is InChI=1S/C11H14N4O/c12-9-6-13-11-5-10(14-15(11)7-9)8-1-3-16-4-2-8/h5-8H,1-4,12H2. The van der Waals surface area contributed by atoms with Crippen LogP contribution in [-0.4, -0.2) is 27.8 Å². The molecule has 3 rings (SSSR count). The molecule has 1 aliphatic heterocycles. The molecular weight excluding hydrogens is 204 g/mol. The number of ether oxygens (including phenoxy) is 1. The van der Waals surface area contributed by atoms with E-state index in [1.165, 1.54) is 0 Å². The molecule has 84 valence electrons. The van der Waals surface area contributed by atoms with Crippen LogP contribution in [0.25, 0.3) is 5.65 Å². The van der Waals surface area contributed by atoms with Crippen molar-refractivity contribution in [3.8, 4) is 0 Å². The first kappa shape index (κ1) is 9.59. The number of nitrogen functional groups attached to an aromatic ring is 1. The number of rotatable bonds is 1. The number of fused-ring (bicyclic) bond motifs is 1. The Labute approximate surface area is 93.2 Å². The normalized spacial score (nSPS) is 18.0. The molecule has 2 aromatic rings. The molecular formula is C11H14N4O. The summed E-state index contributed by atoms with van der Waals surface area (Å²) in [7, 11) is 0. The van der Waals surface area contributed by atoms with E-state index in [0.29, 0.717) is 11.6 Å². The molecule has 0 saturated carbocycles. The summed E-state index contributed by atoms with van der Waals surface area (Å²) in [6.45, 7) is 1.65. The van der Waals surface area contributed by atoms with E-state index in [0.717, 1.165) is 37.4 Å². The maximum Gasteiger partial charge on any atom is 0.155 e. The predicted octanol–water partition coefficient (Wildman–Crippen LogP) is 1.21. The third kappa shape index (κ3) is 1.63. The first-order valence-corrected chi connectivity index (χ1v) is 5.51. The summed E-state index contributed by atoms with van der Waals surface area (Å²) < 4.78 is 7.09. The van der Waals surface area contributed by atoms with Gasteiger partial charge in [0.1, 0.15) is 0 Å². The van der Waals surface area contributed by atoms with Crippen molar-refractivity contribution >= 4 is 11.3 Å². The summed E-state index contributed by atoms with van der Waals surface area (Å²) in [4.78, 5) is 4.24. The first-order valence-electron chi connectivity index (χ1n) is 5.51. The van der Waals surface area contributed by atoms with Gasteiger partial charge < -0.3 is 10.5 Å². The molecule has 5 nitrogen and oxygen atoms in total. The second kappa shape index (κ2) is 3.75. The largest absolute Gasteiger partial charge is 0.396 e. The van der Waals surface area contributed by atoms with Gasteiger partial charge in [0.25, 0.3) is 0 Å². The lowest BCUT2D eigenvalue weighted by Crippen LogP contribution is -2.14. The van der Waals surface area contributed by atoms with E-state index in [9.17, 15) is 0 Å². The van der Waals surface area contributed by atoms with E-state index in [1.807, 2.05) is 6.07 Å². The summed E-state index contributed by atoms with van der Waals surface area (Å²) in [5.74, 6) is 0.497. The van der Waals surface area contributed by atoms with Crippen molar-refractivity contribution in [2.24, 2.45) is 0 Å². The highest BCUT2D eigenvalue weighted by Gasteiger charge is 2.18. The highest BCUT2D eigenvalue weighted by atomic mass is 16.5. The van der Waals surface area contributed by atoms with Crippen LogP contribution in [0, 0.1) is 0 Å². The molecule has 2 N–H and O–H groups in total. The summed E-state index contributed by atoms with van der Waals surface area (Å²) in [5, 5.41) is 4.52. The number of nitrogens with two attached hydrogens (primary N) is 1. The number of aromatic nitrogens is 3. The fourth-order valence-electron chi connectivity index (χ4n) is 2.10. The van der Waals surface area contributed by atoms with Gasteiger partial charge in [0.05, 0.1) is 23.8 Å². The van der Waals surface area contributed by atoms with Crippen molar-refractivity contribution in [3.63, 3.8) is 0 Å². The van der Waals surface area contributed by atoms with E-state index < -0.39 is 0 Å². The van der Waals surface area contributed by atoms with Crippen LogP contribution in [0.2, 0.25) is 0 Å². The van der Waals surface area contributed by atoms with Gasteiger partial charge >= 0.3 is 0 Å². The lowest BCUT2D eigenvalue weighted by Gasteiger charge is -2.19. The summed E-state index contributed by atoms with van der Waals surface area (Å²) in [6.07, 6.45) is 5.54. The Morgan fingerprint density at radius 3 is 3.00 bits per heavy atom. The highest BCUT2D eigenvalue weighted by molar-refractivity contribution is 5.45. The molecule has 2 aromatic heterocycles. The van der Waals surface area contributed by atoms with E-state index in [4.69, 9.17) is 10.5 Å². The van der Waals surface area contributed by atoms with Gasteiger partial charge in [-0.3, -0.25) is 0 Å². The van der Waals surface area contributed by atoms with E-state index >= 15 is 0 Å². The Morgan fingerprint density at radius 2 is 2.19 bits per heavy atom. The van der Waals surface area contributed by atoms with Gasteiger partial charge in [0.2, 0.25) is 0 Å². The summed E-state index contributed by atoms with van der Waals surface area (Å²) in [6, 6.07) is 2.04. The maximum atomic E-state index is 5.67. The molecule has 1 fully saturated rings. The SMILES string of the molecule is Nc1cnc2cc(C3CCOCC3)nn2c1. The minimum absolute atomic E-state index is 0.497. The zero-order valence-corrected chi connectivity index (χ0v) is 8.97. The minimum atomic E-state index is 0.497. The van der Waals surface area contributed by atoms with Crippen LogP contribution in [0.1, 0.15) is 24.5 Å². The molecule has 0 bridgehead atoms. The Hall–Kier alpha value is -1.62. The molecule has 0 aromatic carbocycles. The van der Waals surface area contributed by atoms with Crippen molar-refractivity contribution < 1.29 is 4.74 Å². The van der Waals surface area contributed by atoms with E-state index in [-0.39, 0.29) is 0 Å². The molecule has 0 radical (unpaired) electrons. The van der Waals surface area contributed by atoms with Gasteiger partial charge in [0, 0.05) is 25.2 Å². The molecule has 0 amide bonds. The topological polar surface area (TPSA) is 65.4 Å². The van der Waals surface area contributed by atoms with Crippen LogP contribution >= 0.6 is 0 Å². The summed E-state index contributed by atoms with van der Waals surface area (Å²) >= 11 is 0. The fourth-order valence-corrected chi connectivity index (χ4v) is 2.10. The minimum Gasteiger partial charge on any atom is -0.396 e. The second-order valence-corrected chi connectivity index (χ2v) is 4.15. The van der Waals surface area contributed by atoms with Crippen LogP contribution in [-0.2, 0) is 4.74 Å². The third-order valence-corrected chi connectivity index (χ3v) is 2.99. The lowest BCUT2D eigenvalue weighted by atomic mass is 9.97. The number of hydrogen-bond donors (Lipinski definition) is 1. The molecule has 16 heavy (non-hydrogen) atoms. The molecule has 5 heteroatoms. The number of anilines is 1. The fraction of sp³-hybridized carbons (Fsp3) is 0.455. The van der Waals surface area contributed by atoms with Gasteiger partial charge in [-0.05, 0) is 12.8 Å². The monoisotopic (exact) mass is 218 g/mol. The van der Waals surface area contributed by atoms with Crippen LogP contribution in [0.5, 0.6) is 0 Å². The zero-order valence-electron chi connectivity index (χ0n) is 8.97. The van der Waals surface area contributed by atoms with Crippen LogP contribution in [0.3, 0.4) is 0 Å². The lowest BCUT2D eigenvalue weighted by molar-refractivity contribution is 0.0844. The van der Waals surface area contributed by atoms with Crippen LogP contribution < -0.4 is 5.73 Å². The smallest absolute Gasteiger partial charge is 0.155 e. The van der Waals surface area contributed by atoms with Crippen LogP contribution in [0.4, 0.5) is 5.69 Å². The van der Waals surface area contributed by atoms with Crippen molar-refractivity contribution in [2.45, 2.75) is 18.8 Å². The van der Waals surface area contributed by atoms with Gasteiger partial charge in [0.15, 0.2) is 5.65 Å². The predicted molar refractivity (Wildman–Crippen MR) is 60.2 cm³/mol. The number of hydrogen-bond acceptors (Lipinski definition) is 4. The van der Waals surface area contributed by atoms with Crippen molar-refractivity contribution in [1.82, 2.24) is 14.6 Å². The Bertz CT molecular complexity index is 502. The van der Waals surface area contributed by atoms with Gasteiger partial charge in [-0.25, -0.2) is 9.50 Å². The highest BCUT2D eigenvalue weighted by Crippen LogP contribution is 2.26. The molecule has 0 unspecified atom stereocenters. The Balaban J connectivity index is 1.97. The van der Waals surface area contributed by atoms with Crippen molar-refractivity contribution in [1.29, 1.82) is 0 Å². The quantitative estimate of drug-likeness (QED) is 0.781. The summed E-state index contributed by atoms with van der Waals surface area (Å²) in [5.41, 5.74) is 8.26. The average Bonchev–Trinajstić information content (AvgIpc) is 2.73. The van der Waals surface area contributed by atoms with Crippen LogP contribution in [0.15, 0.2) is 18.5 Å². The third-order valence-electron chi connectivity index (χ3n) is 2.99. The van der Waals surface area contributed by atoms with Gasteiger partial charge in [-0.15, -0.1) is 0 Å². The van der Waals surface area contributed by atoms with Gasteiger partial charge in [-0.1, -0.05) is 0 Å². The number of nitrogens with zero attached hydrogens (tertiary/aromatic N) is 3. The zero-order chi connectivity index (χ0) is 11.0. The average molecular weight is 218 g/mol. The second-order valence-electron chi connectivity index (χ2n) is 4.15. The Kier molecular flexibility index (Phi) is 2.25. The maximum absolute atomic E-state index is 5.67.